The minimum absolute atomic E-state index is 0.131. The first-order valence-electron chi connectivity index (χ1n) is 12.1. The van der Waals surface area contributed by atoms with Crippen molar-refractivity contribution in [1.82, 2.24) is 25.0 Å². The Kier molecular flexibility index (Phi) is 6.63. The number of fused-ring (bicyclic) bond motifs is 1. The normalized spacial score (nSPS) is 22.0. The summed E-state index contributed by atoms with van der Waals surface area (Å²) in [6.07, 6.45) is 2.46. The van der Waals surface area contributed by atoms with Crippen molar-refractivity contribution in [3.8, 4) is 0 Å². The zero-order valence-electron chi connectivity index (χ0n) is 19.6. The Hall–Kier alpha value is -2.81. The number of urea groups is 1. The molecule has 7 nitrogen and oxygen atoms in total. The molecule has 3 aromatic rings. The standard InChI is InChI=1S/C26H31N5O2S/c1-2-3-13-26(20-9-5-4-6-10-20)24(32)31(25(33)28-26)19-30-16-14-29(15-17-30)18-23-27-21-11-7-8-12-22(21)34-23/h4-12H,2-3,13-19H2,1H3,(H,28,33)/t26-/m0/s1. The summed E-state index contributed by atoms with van der Waals surface area (Å²) in [7, 11) is 0. The fourth-order valence-corrected chi connectivity index (χ4v) is 5.91. The summed E-state index contributed by atoms with van der Waals surface area (Å²) in [6, 6.07) is 17.6. The van der Waals surface area contributed by atoms with Crippen LogP contribution < -0.4 is 5.32 Å². The number of para-hydroxylation sites is 1. The molecule has 0 spiro atoms. The summed E-state index contributed by atoms with van der Waals surface area (Å²) in [6.45, 7) is 6.68. The smallest absolute Gasteiger partial charge is 0.319 e. The zero-order chi connectivity index (χ0) is 23.5. The van der Waals surface area contributed by atoms with Crippen LogP contribution in [0.1, 0.15) is 36.8 Å². The van der Waals surface area contributed by atoms with Gasteiger partial charge < -0.3 is 5.32 Å². The van der Waals surface area contributed by atoms with Gasteiger partial charge >= 0.3 is 6.03 Å². The first kappa shape index (κ1) is 23.0. The van der Waals surface area contributed by atoms with E-state index < -0.39 is 5.54 Å². The maximum absolute atomic E-state index is 13.6. The fraction of sp³-hybridized carbons (Fsp3) is 0.423. The largest absolute Gasteiger partial charge is 0.326 e. The molecule has 5 rings (SSSR count). The molecule has 0 saturated carbocycles. The Bertz CT molecular complexity index is 1130. The van der Waals surface area contributed by atoms with Gasteiger partial charge in [-0.05, 0) is 24.1 Å². The number of aromatic nitrogens is 1. The van der Waals surface area contributed by atoms with Crippen molar-refractivity contribution < 1.29 is 9.59 Å². The maximum Gasteiger partial charge on any atom is 0.326 e. The lowest BCUT2D eigenvalue weighted by molar-refractivity contribution is -0.133. The average molecular weight is 478 g/mol. The molecule has 0 bridgehead atoms. The van der Waals surface area contributed by atoms with Crippen molar-refractivity contribution in [2.24, 2.45) is 0 Å². The van der Waals surface area contributed by atoms with Gasteiger partial charge in [-0.3, -0.25) is 14.6 Å². The van der Waals surface area contributed by atoms with E-state index in [-0.39, 0.29) is 11.9 Å². The van der Waals surface area contributed by atoms with E-state index >= 15 is 0 Å². The number of carbonyl (C=O) groups is 2. The highest BCUT2D eigenvalue weighted by Crippen LogP contribution is 2.34. The Labute approximate surface area is 204 Å². The molecule has 1 aromatic heterocycles. The molecule has 0 unspecified atom stereocenters. The van der Waals surface area contributed by atoms with Crippen LogP contribution in [0.2, 0.25) is 0 Å². The highest BCUT2D eigenvalue weighted by atomic mass is 32.1. The van der Waals surface area contributed by atoms with Gasteiger partial charge in [0.15, 0.2) is 0 Å². The predicted molar refractivity (Wildman–Crippen MR) is 134 cm³/mol. The lowest BCUT2D eigenvalue weighted by atomic mass is 9.85. The molecule has 1 N–H and O–H groups in total. The average Bonchev–Trinajstić information content (AvgIpc) is 3.38. The molecule has 34 heavy (non-hydrogen) atoms. The third-order valence-corrected chi connectivity index (χ3v) is 7.87. The number of nitrogens with zero attached hydrogens (tertiary/aromatic N) is 4. The molecule has 0 radical (unpaired) electrons. The van der Waals surface area contributed by atoms with Gasteiger partial charge in [0, 0.05) is 26.2 Å². The van der Waals surface area contributed by atoms with E-state index in [4.69, 9.17) is 4.98 Å². The van der Waals surface area contributed by atoms with E-state index in [2.05, 4.69) is 34.2 Å². The first-order chi connectivity index (χ1) is 16.6. The molecule has 2 aliphatic rings. The van der Waals surface area contributed by atoms with Crippen LogP contribution in [0.3, 0.4) is 0 Å². The molecule has 0 aliphatic carbocycles. The van der Waals surface area contributed by atoms with Crippen molar-refractivity contribution in [3.05, 3.63) is 65.2 Å². The summed E-state index contributed by atoms with van der Waals surface area (Å²) < 4.78 is 1.22. The second kappa shape index (κ2) is 9.82. The van der Waals surface area contributed by atoms with Crippen LogP contribution in [0.25, 0.3) is 10.2 Å². The van der Waals surface area contributed by atoms with Gasteiger partial charge in [-0.15, -0.1) is 11.3 Å². The monoisotopic (exact) mass is 477 g/mol. The molecule has 3 amide bonds. The minimum atomic E-state index is -0.955. The van der Waals surface area contributed by atoms with Gasteiger partial charge in [-0.1, -0.05) is 62.2 Å². The maximum atomic E-state index is 13.6. The number of carbonyl (C=O) groups excluding carboxylic acids is 2. The second-order valence-corrected chi connectivity index (χ2v) is 10.3. The topological polar surface area (TPSA) is 68.8 Å². The number of amides is 3. The second-order valence-electron chi connectivity index (χ2n) is 9.15. The number of benzene rings is 2. The molecule has 2 saturated heterocycles. The van der Waals surface area contributed by atoms with Crippen LogP contribution in [0.5, 0.6) is 0 Å². The van der Waals surface area contributed by atoms with Crippen molar-refractivity contribution >= 4 is 33.5 Å². The Morgan fingerprint density at radius 2 is 1.68 bits per heavy atom. The van der Waals surface area contributed by atoms with E-state index in [0.29, 0.717) is 13.1 Å². The fourth-order valence-electron chi connectivity index (χ4n) is 4.90. The summed E-state index contributed by atoms with van der Waals surface area (Å²) in [5.74, 6) is -0.131. The molecule has 178 valence electrons. The Morgan fingerprint density at radius 3 is 2.41 bits per heavy atom. The van der Waals surface area contributed by atoms with Gasteiger partial charge in [0.2, 0.25) is 0 Å². The number of hydrogen-bond acceptors (Lipinski definition) is 6. The quantitative estimate of drug-likeness (QED) is 0.497. The third kappa shape index (κ3) is 4.45. The highest BCUT2D eigenvalue weighted by Gasteiger charge is 2.52. The molecule has 8 heteroatoms. The molecular formula is C26H31N5O2S. The Morgan fingerprint density at radius 1 is 0.971 bits per heavy atom. The van der Waals surface area contributed by atoms with Crippen LogP contribution in [-0.2, 0) is 16.9 Å². The lowest BCUT2D eigenvalue weighted by Gasteiger charge is -2.35. The van der Waals surface area contributed by atoms with E-state index in [0.717, 1.165) is 61.7 Å². The lowest BCUT2D eigenvalue weighted by Crippen LogP contribution is -2.51. The summed E-state index contributed by atoms with van der Waals surface area (Å²) in [4.78, 5) is 37.3. The van der Waals surface area contributed by atoms with E-state index in [1.807, 2.05) is 42.5 Å². The Balaban J connectivity index is 1.21. The number of rotatable bonds is 8. The van der Waals surface area contributed by atoms with Crippen molar-refractivity contribution in [3.63, 3.8) is 0 Å². The van der Waals surface area contributed by atoms with Gasteiger partial charge in [-0.25, -0.2) is 14.7 Å². The molecule has 2 fully saturated rings. The SMILES string of the molecule is CCCC[C@@]1(c2ccccc2)NC(=O)N(CN2CCN(Cc3nc4ccccc4s3)CC2)C1=O. The summed E-state index contributed by atoms with van der Waals surface area (Å²) in [5, 5.41) is 4.19. The molecular weight excluding hydrogens is 446 g/mol. The molecule has 2 aliphatic heterocycles. The van der Waals surface area contributed by atoms with Gasteiger partial charge in [0.05, 0.1) is 23.4 Å². The number of nitrogens with one attached hydrogen (secondary N) is 1. The summed E-state index contributed by atoms with van der Waals surface area (Å²) >= 11 is 1.75. The van der Waals surface area contributed by atoms with Crippen molar-refractivity contribution in [1.29, 1.82) is 0 Å². The van der Waals surface area contributed by atoms with Gasteiger partial charge in [0.25, 0.3) is 5.91 Å². The number of unbranched alkanes of at least 4 members (excludes halogenated alkanes) is 1. The van der Waals surface area contributed by atoms with Crippen LogP contribution in [0.15, 0.2) is 54.6 Å². The number of piperazine rings is 1. The molecule has 2 aromatic carbocycles. The number of imide groups is 1. The van der Waals surface area contributed by atoms with Crippen molar-refractivity contribution in [2.45, 2.75) is 38.3 Å². The number of thiazole rings is 1. The van der Waals surface area contributed by atoms with E-state index in [1.165, 1.54) is 9.60 Å². The first-order valence-corrected chi connectivity index (χ1v) is 12.9. The zero-order valence-corrected chi connectivity index (χ0v) is 20.4. The van der Waals surface area contributed by atoms with Gasteiger partial charge in [-0.2, -0.15) is 0 Å². The van der Waals surface area contributed by atoms with Crippen LogP contribution in [-0.4, -0.2) is 64.5 Å². The molecule has 3 heterocycles. The minimum Gasteiger partial charge on any atom is -0.319 e. The highest BCUT2D eigenvalue weighted by molar-refractivity contribution is 7.18. The third-order valence-electron chi connectivity index (χ3n) is 6.85. The van der Waals surface area contributed by atoms with E-state index in [1.54, 1.807) is 11.3 Å². The van der Waals surface area contributed by atoms with Gasteiger partial charge in [0.1, 0.15) is 10.5 Å². The number of hydrogen-bond donors (Lipinski definition) is 1. The predicted octanol–water partition coefficient (Wildman–Crippen LogP) is 4.01. The van der Waals surface area contributed by atoms with Crippen LogP contribution in [0.4, 0.5) is 4.79 Å². The van der Waals surface area contributed by atoms with Crippen LogP contribution in [0, 0.1) is 0 Å². The summed E-state index contributed by atoms with van der Waals surface area (Å²) in [5.41, 5.74) is 0.970. The van der Waals surface area contributed by atoms with E-state index in [9.17, 15) is 9.59 Å². The van der Waals surface area contributed by atoms with Crippen LogP contribution >= 0.6 is 11.3 Å². The molecule has 1 atom stereocenters. The van der Waals surface area contributed by atoms with Crippen molar-refractivity contribution in [2.75, 3.05) is 32.8 Å².